The fourth-order valence-corrected chi connectivity index (χ4v) is 3.39. The number of rotatable bonds is 3. The molecule has 0 bridgehead atoms. The molecule has 0 radical (unpaired) electrons. The first-order valence-electron chi connectivity index (χ1n) is 6.54. The molecular weight excluding hydrogens is 212 g/mol. The Kier molecular flexibility index (Phi) is 3.41. The molecule has 2 aliphatic carbocycles. The summed E-state index contributed by atoms with van der Waals surface area (Å²) < 4.78 is 5.48. The van der Waals surface area contributed by atoms with Crippen molar-refractivity contribution in [3.05, 3.63) is 24.3 Å². The molecule has 17 heavy (non-hydrogen) atoms. The third kappa shape index (κ3) is 2.31. The van der Waals surface area contributed by atoms with Crippen molar-refractivity contribution in [2.24, 2.45) is 23.7 Å². The van der Waals surface area contributed by atoms with Crippen LogP contribution >= 0.6 is 0 Å². The van der Waals surface area contributed by atoms with Crippen molar-refractivity contribution < 1.29 is 9.53 Å². The van der Waals surface area contributed by atoms with Gasteiger partial charge in [-0.2, -0.15) is 0 Å². The van der Waals surface area contributed by atoms with Crippen LogP contribution in [0, 0.1) is 23.7 Å². The lowest BCUT2D eigenvalue weighted by Crippen LogP contribution is -2.27. The zero-order valence-electron chi connectivity index (χ0n) is 11.0. The fourth-order valence-electron chi connectivity index (χ4n) is 3.39. The van der Waals surface area contributed by atoms with Gasteiger partial charge in [0.05, 0.1) is 0 Å². The summed E-state index contributed by atoms with van der Waals surface area (Å²) in [6.45, 7) is 9.66. The Labute approximate surface area is 104 Å². The standard InChI is InChI=1S/C15H22O2/c1-9(2)15(16)17-11(4)14-8-10(3)12-6-5-7-13(12)14/h5,7,10-14H,1,6,8H2,2-4H3. The van der Waals surface area contributed by atoms with Gasteiger partial charge in [-0.1, -0.05) is 25.7 Å². The predicted octanol–water partition coefficient (Wildman–Crippen LogP) is 3.34. The van der Waals surface area contributed by atoms with Crippen molar-refractivity contribution in [2.45, 2.75) is 39.7 Å². The molecule has 0 amide bonds. The summed E-state index contributed by atoms with van der Waals surface area (Å²) in [6, 6.07) is 0. The van der Waals surface area contributed by atoms with Crippen LogP contribution in [0.1, 0.15) is 33.6 Å². The highest BCUT2D eigenvalue weighted by Crippen LogP contribution is 2.49. The molecule has 1 saturated carbocycles. The summed E-state index contributed by atoms with van der Waals surface area (Å²) >= 11 is 0. The van der Waals surface area contributed by atoms with Gasteiger partial charge in [0.15, 0.2) is 0 Å². The van der Waals surface area contributed by atoms with Gasteiger partial charge in [-0.15, -0.1) is 0 Å². The smallest absolute Gasteiger partial charge is 0.333 e. The quantitative estimate of drug-likeness (QED) is 0.425. The average Bonchev–Trinajstić information content (AvgIpc) is 2.82. The molecule has 0 aromatic rings. The molecule has 0 aromatic heterocycles. The Morgan fingerprint density at radius 3 is 2.88 bits per heavy atom. The van der Waals surface area contributed by atoms with E-state index < -0.39 is 0 Å². The molecule has 0 N–H and O–H groups in total. The minimum atomic E-state index is -0.254. The zero-order chi connectivity index (χ0) is 12.6. The highest BCUT2D eigenvalue weighted by Gasteiger charge is 2.44. The molecule has 1 fully saturated rings. The minimum absolute atomic E-state index is 0.000556. The topological polar surface area (TPSA) is 26.3 Å². The number of fused-ring (bicyclic) bond motifs is 1. The summed E-state index contributed by atoms with van der Waals surface area (Å²) in [4.78, 5) is 11.5. The molecule has 2 rings (SSSR count). The average molecular weight is 234 g/mol. The number of ether oxygens (including phenoxy) is 1. The molecule has 0 spiro atoms. The SMILES string of the molecule is C=C(C)C(=O)OC(C)C1CC(C)C2CC=CC21. The van der Waals surface area contributed by atoms with Gasteiger partial charge in [0.25, 0.3) is 0 Å². The van der Waals surface area contributed by atoms with E-state index in [1.54, 1.807) is 6.92 Å². The minimum Gasteiger partial charge on any atom is -0.459 e. The predicted molar refractivity (Wildman–Crippen MR) is 68.4 cm³/mol. The lowest BCUT2D eigenvalue weighted by molar-refractivity contribution is -0.146. The molecule has 2 heteroatoms. The van der Waals surface area contributed by atoms with Gasteiger partial charge in [-0.05, 0) is 44.4 Å². The maximum atomic E-state index is 11.5. The second kappa shape index (κ2) is 4.67. The van der Waals surface area contributed by atoms with Gasteiger partial charge in [-0.25, -0.2) is 4.79 Å². The van der Waals surface area contributed by atoms with E-state index in [1.165, 1.54) is 12.8 Å². The van der Waals surface area contributed by atoms with Gasteiger partial charge in [0.2, 0.25) is 0 Å². The number of hydrogen-bond acceptors (Lipinski definition) is 2. The van der Waals surface area contributed by atoms with Crippen molar-refractivity contribution in [2.75, 3.05) is 0 Å². The molecule has 5 unspecified atom stereocenters. The van der Waals surface area contributed by atoms with Crippen molar-refractivity contribution in [1.82, 2.24) is 0 Å². The van der Waals surface area contributed by atoms with Gasteiger partial charge >= 0.3 is 5.97 Å². The summed E-state index contributed by atoms with van der Waals surface area (Å²) in [7, 11) is 0. The summed E-state index contributed by atoms with van der Waals surface area (Å²) in [5, 5.41) is 0. The van der Waals surface area contributed by atoms with Crippen LogP contribution in [0.3, 0.4) is 0 Å². The third-order valence-electron chi connectivity index (χ3n) is 4.37. The Morgan fingerprint density at radius 2 is 2.24 bits per heavy atom. The van der Waals surface area contributed by atoms with E-state index in [9.17, 15) is 4.79 Å². The summed E-state index contributed by atoms with van der Waals surface area (Å²) in [5.41, 5.74) is 0.487. The molecule has 0 saturated heterocycles. The highest BCUT2D eigenvalue weighted by atomic mass is 16.5. The first-order chi connectivity index (χ1) is 8.00. The number of carbonyl (C=O) groups excluding carboxylic acids is 1. The molecule has 0 heterocycles. The van der Waals surface area contributed by atoms with E-state index in [1.807, 2.05) is 6.92 Å². The van der Waals surface area contributed by atoms with Crippen LogP contribution in [0.4, 0.5) is 0 Å². The first kappa shape index (κ1) is 12.4. The number of carbonyl (C=O) groups is 1. The molecule has 2 nitrogen and oxygen atoms in total. The first-order valence-corrected chi connectivity index (χ1v) is 6.54. The van der Waals surface area contributed by atoms with Crippen LogP contribution in [-0.4, -0.2) is 12.1 Å². The maximum Gasteiger partial charge on any atom is 0.333 e. The number of allylic oxidation sites excluding steroid dienone is 2. The van der Waals surface area contributed by atoms with Crippen LogP contribution in [0.15, 0.2) is 24.3 Å². The van der Waals surface area contributed by atoms with E-state index in [0.29, 0.717) is 17.4 Å². The van der Waals surface area contributed by atoms with E-state index in [4.69, 9.17) is 4.74 Å². The molecule has 5 atom stereocenters. The second-order valence-corrected chi connectivity index (χ2v) is 5.67. The Morgan fingerprint density at radius 1 is 1.53 bits per heavy atom. The van der Waals surface area contributed by atoms with E-state index in [-0.39, 0.29) is 12.1 Å². The number of hydrogen-bond donors (Lipinski definition) is 0. The van der Waals surface area contributed by atoms with Crippen LogP contribution in [0.5, 0.6) is 0 Å². The third-order valence-corrected chi connectivity index (χ3v) is 4.37. The monoisotopic (exact) mass is 234 g/mol. The highest BCUT2D eigenvalue weighted by molar-refractivity contribution is 5.87. The largest absolute Gasteiger partial charge is 0.459 e. The molecular formula is C15H22O2. The van der Waals surface area contributed by atoms with E-state index >= 15 is 0 Å². The van der Waals surface area contributed by atoms with Crippen LogP contribution in [0.25, 0.3) is 0 Å². The number of esters is 1. The molecule has 94 valence electrons. The second-order valence-electron chi connectivity index (χ2n) is 5.67. The fraction of sp³-hybridized carbons (Fsp3) is 0.667. The van der Waals surface area contributed by atoms with Crippen molar-refractivity contribution in [1.29, 1.82) is 0 Å². The lowest BCUT2D eigenvalue weighted by atomic mass is 9.88. The van der Waals surface area contributed by atoms with Crippen LogP contribution in [-0.2, 0) is 9.53 Å². The summed E-state index contributed by atoms with van der Waals surface area (Å²) in [5.74, 6) is 2.35. The molecule has 0 aliphatic heterocycles. The van der Waals surface area contributed by atoms with Crippen molar-refractivity contribution in [3.8, 4) is 0 Å². The normalized spacial score (nSPS) is 36.6. The summed E-state index contributed by atoms with van der Waals surface area (Å²) in [6.07, 6.45) is 6.97. The molecule has 0 aromatic carbocycles. The van der Waals surface area contributed by atoms with Gasteiger partial charge < -0.3 is 4.74 Å². The Bertz CT molecular complexity index is 356. The zero-order valence-corrected chi connectivity index (χ0v) is 11.0. The van der Waals surface area contributed by atoms with Gasteiger partial charge in [-0.3, -0.25) is 0 Å². The van der Waals surface area contributed by atoms with E-state index in [2.05, 4.69) is 25.7 Å². The Hall–Kier alpha value is -1.05. The lowest BCUT2D eigenvalue weighted by Gasteiger charge is -2.24. The van der Waals surface area contributed by atoms with Gasteiger partial charge in [0, 0.05) is 11.5 Å². The van der Waals surface area contributed by atoms with Crippen molar-refractivity contribution in [3.63, 3.8) is 0 Å². The van der Waals surface area contributed by atoms with Crippen LogP contribution < -0.4 is 0 Å². The van der Waals surface area contributed by atoms with Crippen LogP contribution in [0.2, 0.25) is 0 Å². The maximum absolute atomic E-state index is 11.5. The van der Waals surface area contributed by atoms with Gasteiger partial charge in [0.1, 0.15) is 6.10 Å². The van der Waals surface area contributed by atoms with E-state index in [0.717, 1.165) is 11.8 Å². The Balaban J connectivity index is 2.00. The molecule has 2 aliphatic rings. The van der Waals surface area contributed by atoms with Crippen molar-refractivity contribution >= 4 is 5.97 Å².